The smallest absolute Gasteiger partial charge is 0.171 e. The van der Waals surface area contributed by atoms with Crippen LogP contribution < -0.4 is 4.74 Å². The Morgan fingerprint density at radius 1 is 1.35 bits per heavy atom. The summed E-state index contributed by atoms with van der Waals surface area (Å²) in [6, 6.07) is 7.52. The van der Waals surface area contributed by atoms with E-state index in [9.17, 15) is 5.11 Å². The molecule has 1 N–H and O–H groups in total. The van der Waals surface area contributed by atoms with Gasteiger partial charge in [-0.05, 0) is 37.5 Å². The Balaban J connectivity index is 1.70. The van der Waals surface area contributed by atoms with Crippen LogP contribution in [0.1, 0.15) is 43.1 Å². The van der Waals surface area contributed by atoms with Gasteiger partial charge in [-0.1, -0.05) is 12.1 Å². The second kappa shape index (κ2) is 5.63. The molecule has 2 aromatic rings. The molecule has 20 heavy (non-hydrogen) atoms. The van der Waals surface area contributed by atoms with Crippen LogP contribution in [0.25, 0.3) is 0 Å². The summed E-state index contributed by atoms with van der Waals surface area (Å²) in [5.41, 5.74) is 0.853. The Bertz CT molecular complexity index is 593. The van der Waals surface area contributed by atoms with Crippen LogP contribution in [0, 0.1) is 0 Å². The van der Waals surface area contributed by atoms with Crippen LogP contribution in [-0.2, 0) is 19.6 Å². The van der Waals surface area contributed by atoms with Crippen molar-refractivity contribution in [2.45, 2.75) is 45.4 Å². The van der Waals surface area contributed by atoms with Crippen LogP contribution in [0.5, 0.6) is 5.75 Å². The number of aromatic nitrogens is 3. The predicted octanol–water partition coefficient (Wildman–Crippen LogP) is 2.25. The summed E-state index contributed by atoms with van der Waals surface area (Å²) in [5.74, 6) is 2.69. The van der Waals surface area contributed by atoms with Crippen molar-refractivity contribution in [1.82, 2.24) is 14.8 Å². The lowest BCUT2D eigenvalue weighted by Crippen LogP contribution is -2.14. The second-order valence-corrected chi connectivity index (χ2v) is 5.18. The molecule has 1 aliphatic heterocycles. The van der Waals surface area contributed by atoms with Crippen molar-refractivity contribution in [1.29, 1.82) is 0 Å². The van der Waals surface area contributed by atoms with E-state index in [1.165, 1.54) is 12.8 Å². The number of aliphatic hydroxyl groups is 1. The fraction of sp³-hybridized carbons (Fsp3) is 0.467. The van der Waals surface area contributed by atoms with Gasteiger partial charge in [0.15, 0.2) is 5.82 Å². The molecule has 0 unspecified atom stereocenters. The van der Waals surface area contributed by atoms with Crippen molar-refractivity contribution in [2.24, 2.45) is 0 Å². The summed E-state index contributed by atoms with van der Waals surface area (Å²) in [7, 11) is 0. The van der Waals surface area contributed by atoms with E-state index < -0.39 is 6.10 Å². The second-order valence-electron chi connectivity index (χ2n) is 5.18. The Hall–Kier alpha value is -1.88. The van der Waals surface area contributed by atoms with E-state index in [0.29, 0.717) is 6.61 Å². The summed E-state index contributed by atoms with van der Waals surface area (Å²) < 4.78 is 7.93. The van der Waals surface area contributed by atoms with Crippen molar-refractivity contribution < 1.29 is 9.84 Å². The van der Waals surface area contributed by atoms with Gasteiger partial charge in [-0.3, -0.25) is 0 Å². The fourth-order valence-corrected chi connectivity index (χ4v) is 2.49. The monoisotopic (exact) mass is 273 g/mol. The standard InChI is InChI=1S/C15H19N3O2/c1-11(19)12-5-4-6-13(9-12)20-10-15-17-16-14-7-2-3-8-18(14)15/h4-6,9,11,19H,2-3,7-8,10H2,1H3/t11-/m0/s1. The van der Waals surface area contributed by atoms with Gasteiger partial charge in [-0.25, -0.2) is 0 Å². The molecule has 0 bridgehead atoms. The number of aryl methyl sites for hydroxylation is 1. The number of hydrogen-bond donors (Lipinski definition) is 1. The summed E-state index contributed by atoms with van der Waals surface area (Å²) in [5, 5.41) is 18.0. The first-order valence-electron chi connectivity index (χ1n) is 7.06. The van der Waals surface area contributed by atoms with Gasteiger partial charge in [0.1, 0.15) is 18.2 Å². The molecule has 0 fully saturated rings. The highest BCUT2D eigenvalue weighted by Gasteiger charge is 2.15. The van der Waals surface area contributed by atoms with Gasteiger partial charge in [0.25, 0.3) is 0 Å². The molecule has 1 aliphatic rings. The third-order valence-corrected chi connectivity index (χ3v) is 3.64. The minimum atomic E-state index is -0.487. The lowest BCUT2D eigenvalue weighted by atomic mass is 10.1. The Labute approximate surface area is 118 Å². The average molecular weight is 273 g/mol. The summed E-state index contributed by atoms with van der Waals surface area (Å²) in [6.07, 6.45) is 2.88. The fourth-order valence-electron chi connectivity index (χ4n) is 2.49. The number of hydrogen-bond acceptors (Lipinski definition) is 4. The average Bonchev–Trinajstić information content (AvgIpc) is 2.89. The highest BCUT2D eigenvalue weighted by molar-refractivity contribution is 5.29. The van der Waals surface area contributed by atoms with Crippen molar-refractivity contribution in [2.75, 3.05) is 0 Å². The summed E-state index contributed by atoms with van der Waals surface area (Å²) in [4.78, 5) is 0. The lowest BCUT2D eigenvalue weighted by Gasteiger charge is -2.15. The van der Waals surface area contributed by atoms with Gasteiger partial charge >= 0.3 is 0 Å². The maximum atomic E-state index is 9.58. The van der Waals surface area contributed by atoms with E-state index in [2.05, 4.69) is 14.8 Å². The third-order valence-electron chi connectivity index (χ3n) is 3.64. The van der Waals surface area contributed by atoms with Crippen LogP contribution in [0.15, 0.2) is 24.3 Å². The highest BCUT2D eigenvalue weighted by Crippen LogP contribution is 2.20. The number of nitrogens with zero attached hydrogens (tertiary/aromatic N) is 3. The molecule has 0 saturated heterocycles. The minimum Gasteiger partial charge on any atom is -0.486 e. The molecule has 3 rings (SSSR count). The Kier molecular flexibility index (Phi) is 3.69. The van der Waals surface area contributed by atoms with Crippen molar-refractivity contribution in [3.8, 4) is 5.75 Å². The van der Waals surface area contributed by atoms with E-state index in [0.717, 1.165) is 35.9 Å². The lowest BCUT2D eigenvalue weighted by molar-refractivity contribution is 0.198. The van der Waals surface area contributed by atoms with E-state index >= 15 is 0 Å². The van der Waals surface area contributed by atoms with E-state index in [1.54, 1.807) is 6.92 Å². The number of rotatable bonds is 4. The molecule has 1 atom stereocenters. The van der Waals surface area contributed by atoms with Crippen LogP contribution in [0.4, 0.5) is 0 Å². The molecule has 0 amide bonds. The van der Waals surface area contributed by atoms with Gasteiger partial charge in [-0.2, -0.15) is 0 Å². The Morgan fingerprint density at radius 2 is 2.25 bits per heavy atom. The topological polar surface area (TPSA) is 60.2 Å². The summed E-state index contributed by atoms with van der Waals surface area (Å²) in [6.45, 7) is 3.14. The maximum absolute atomic E-state index is 9.58. The SMILES string of the molecule is C[C@H](O)c1cccc(OCc2nnc3n2CCCC3)c1. The van der Waals surface area contributed by atoms with Crippen molar-refractivity contribution in [3.63, 3.8) is 0 Å². The van der Waals surface area contributed by atoms with Crippen molar-refractivity contribution in [3.05, 3.63) is 41.5 Å². The number of fused-ring (bicyclic) bond motifs is 1. The van der Waals surface area contributed by atoms with Crippen LogP contribution in [0.2, 0.25) is 0 Å². The molecular formula is C15H19N3O2. The molecule has 2 heterocycles. The number of aliphatic hydroxyl groups excluding tert-OH is 1. The van der Waals surface area contributed by atoms with Crippen LogP contribution in [-0.4, -0.2) is 19.9 Å². The number of benzene rings is 1. The van der Waals surface area contributed by atoms with Gasteiger partial charge in [0.2, 0.25) is 0 Å². The molecule has 0 radical (unpaired) electrons. The van der Waals surface area contributed by atoms with Gasteiger partial charge in [0, 0.05) is 13.0 Å². The van der Waals surface area contributed by atoms with Crippen molar-refractivity contribution >= 4 is 0 Å². The predicted molar refractivity (Wildman–Crippen MR) is 74.4 cm³/mol. The zero-order valence-electron chi connectivity index (χ0n) is 11.6. The molecule has 5 nitrogen and oxygen atoms in total. The first-order valence-corrected chi connectivity index (χ1v) is 7.06. The Morgan fingerprint density at radius 3 is 3.10 bits per heavy atom. The van der Waals surface area contributed by atoms with E-state index in [-0.39, 0.29) is 0 Å². The first kappa shape index (κ1) is 13.1. The molecule has 0 saturated carbocycles. The maximum Gasteiger partial charge on any atom is 0.171 e. The van der Waals surface area contributed by atoms with Crippen LogP contribution >= 0.6 is 0 Å². The van der Waals surface area contributed by atoms with Crippen LogP contribution in [0.3, 0.4) is 0 Å². The summed E-state index contributed by atoms with van der Waals surface area (Å²) >= 11 is 0. The van der Waals surface area contributed by atoms with E-state index in [4.69, 9.17) is 4.74 Å². The largest absolute Gasteiger partial charge is 0.486 e. The molecule has 1 aromatic heterocycles. The molecule has 5 heteroatoms. The highest BCUT2D eigenvalue weighted by atomic mass is 16.5. The first-order chi connectivity index (χ1) is 9.74. The normalized spacial score (nSPS) is 15.7. The third kappa shape index (κ3) is 2.67. The van der Waals surface area contributed by atoms with E-state index in [1.807, 2.05) is 24.3 Å². The molecule has 0 aliphatic carbocycles. The quantitative estimate of drug-likeness (QED) is 0.928. The zero-order chi connectivity index (χ0) is 13.9. The molecule has 0 spiro atoms. The van der Waals surface area contributed by atoms with Gasteiger partial charge in [0.05, 0.1) is 6.10 Å². The molecular weight excluding hydrogens is 254 g/mol. The van der Waals surface area contributed by atoms with Gasteiger partial charge in [-0.15, -0.1) is 10.2 Å². The number of ether oxygens (including phenoxy) is 1. The zero-order valence-corrected chi connectivity index (χ0v) is 11.6. The molecule has 106 valence electrons. The molecule has 1 aromatic carbocycles. The minimum absolute atomic E-state index is 0.413. The van der Waals surface area contributed by atoms with Gasteiger partial charge < -0.3 is 14.4 Å².